The Morgan fingerprint density at radius 2 is 2.00 bits per heavy atom. The fourth-order valence-corrected chi connectivity index (χ4v) is 2.14. The van der Waals surface area contributed by atoms with E-state index in [9.17, 15) is 0 Å². The first-order chi connectivity index (χ1) is 9.76. The van der Waals surface area contributed by atoms with Gasteiger partial charge in [-0.05, 0) is 34.1 Å². The smallest absolute Gasteiger partial charge is 0.232 e. The Morgan fingerprint density at radius 3 is 2.80 bits per heavy atom. The molecule has 100 valence electrons. The van der Waals surface area contributed by atoms with Crippen molar-refractivity contribution in [1.29, 1.82) is 0 Å². The number of nitrogens with zero attached hydrogens (tertiary/aromatic N) is 3. The van der Waals surface area contributed by atoms with E-state index in [2.05, 4.69) is 36.2 Å². The number of halogens is 1. The number of anilines is 1. The van der Waals surface area contributed by atoms with E-state index in [4.69, 9.17) is 4.74 Å². The number of hydrogen-bond acceptors (Lipinski definition) is 5. The topological polar surface area (TPSA) is 59.9 Å². The van der Waals surface area contributed by atoms with Gasteiger partial charge in [0.2, 0.25) is 11.8 Å². The number of hydrogen-bond donors (Lipinski definition) is 1. The fraction of sp³-hybridized carbons (Fsp3) is 0.0714. The number of pyridine rings is 1. The second-order valence-electron chi connectivity index (χ2n) is 4.06. The average Bonchev–Trinajstić information content (AvgIpc) is 2.47. The Bertz CT molecular complexity index is 763. The lowest BCUT2D eigenvalue weighted by molar-refractivity contribution is 0.466. The molecule has 2 heterocycles. The Hall–Kier alpha value is -2.21. The molecule has 6 heteroatoms. The molecule has 0 aliphatic heterocycles. The van der Waals surface area contributed by atoms with E-state index in [1.165, 1.54) is 0 Å². The molecule has 20 heavy (non-hydrogen) atoms. The highest BCUT2D eigenvalue weighted by atomic mass is 79.9. The first-order valence-electron chi connectivity index (χ1n) is 5.99. The molecule has 3 rings (SSSR count). The number of nitrogens with one attached hydrogen (secondary N) is 1. The van der Waals surface area contributed by atoms with Crippen LogP contribution >= 0.6 is 15.9 Å². The summed E-state index contributed by atoms with van der Waals surface area (Å²) in [5, 5.41) is 3.78. The van der Waals surface area contributed by atoms with E-state index in [-0.39, 0.29) is 0 Å². The number of para-hydroxylation sites is 1. The molecular weight excluding hydrogens is 320 g/mol. The molecule has 0 spiro atoms. The minimum absolute atomic E-state index is 0.500. The monoisotopic (exact) mass is 330 g/mol. The van der Waals surface area contributed by atoms with Crippen LogP contribution in [0.15, 0.2) is 47.2 Å². The molecule has 0 saturated heterocycles. The summed E-state index contributed by atoms with van der Waals surface area (Å²) in [6.07, 6.45) is 3.34. The number of benzene rings is 1. The van der Waals surface area contributed by atoms with Crippen LogP contribution in [0, 0.1) is 0 Å². The highest BCUT2D eigenvalue weighted by Crippen LogP contribution is 2.28. The molecule has 0 fully saturated rings. The summed E-state index contributed by atoms with van der Waals surface area (Å²) < 4.78 is 6.68. The highest BCUT2D eigenvalue weighted by molar-refractivity contribution is 9.10. The Labute approximate surface area is 124 Å². The predicted octanol–water partition coefficient (Wildman–Crippen LogP) is 3.62. The van der Waals surface area contributed by atoms with Crippen LogP contribution in [0.5, 0.6) is 11.6 Å². The summed E-state index contributed by atoms with van der Waals surface area (Å²) in [6, 6.07) is 9.54. The van der Waals surface area contributed by atoms with Crippen molar-refractivity contribution in [2.24, 2.45) is 0 Å². The van der Waals surface area contributed by atoms with E-state index in [0.717, 1.165) is 15.4 Å². The second kappa shape index (κ2) is 5.42. The van der Waals surface area contributed by atoms with Crippen molar-refractivity contribution in [2.45, 2.75) is 0 Å². The van der Waals surface area contributed by atoms with Gasteiger partial charge in [-0.25, -0.2) is 4.98 Å². The Balaban J connectivity index is 2.10. The first kappa shape index (κ1) is 12.8. The van der Waals surface area contributed by atoms with Crippen LogP contribution in [0.2, 0.25) is 0 Å². The molecule has 0 aliphatic carbocycles. The second-order valence-corrected chi connectivity index (χ2v) is 4.98. The van der Waals surface area contributed by atoms with Gasteiger partial charge in [0.05, 0.1) is 17.1 Å². The molecule has 0 saturated carbocycles. The normalized spacial score (nSPS) is 10.5. The molecular formula is C14H11BrN4O. The van der Waals surface area contributed by atoms with Gasteiger partial charge in [-0.2, -0.15) is 4.98 Å². The maximum atomic E-state index is 5.83. The van der Waals surface area contributed by atoms with E-state index in [1.54, 1.807) is 19.4 Å². The van der Waals surface area contributed by atoms with Crippen LogP contribution in [0.3, 0.4) is 0 Å². The van der Waals surface area contributed by atoms with Gasteiger partial charge in [0.1, 0.15) is 5.75 Å². The summed E-state index contributed by atoms with van der Waals surface area (Å²) in [6.45, 7) is 0. The van der Waals surface area contributed by atoms with Crippen LogP contribution in [0.25, 0.3) is 10.9 Å². The zero-order valence-electron chi connectivity index (χ0n) is 10.7. The van der Waals surface area contributed by atoms with Crippen LogP contribution in [-0.2, 0) is 0 Å². The van der Waals surface area contributed by atoms with Gasteiger partial charge in [0.25, 0.3) is 0 Å². The maximum Gasteiger partial charge on any atom is 0.232 e. The third kappa shape index (κ3) is 2.55. The molecule has 0 unspecified atom stereocenters. The molecule has 0 bridgehead atoms. The predicted molar refractivity (Wildman–Crippen MR) is 81.1 cm³/mol. The van der Waals surface area contributed by atoms with Crippen LogP contribution in [-0.4, -0.2) is 22.0 Å². The average molecular weight is 331 g/mol. The minimum atomic E-state index is 0.500. The van der Waals surface area contributed by atoms with Crippen LogP contribution < -0.4 is 10.1 Å². The van der Waals surface area contributed by atoms with Gasteiger partial charge in [0, 0.05) is 17.7 Å². The molecule has 1 N–H and O–H groups in total. The zero-order chi connectivity index (χ0) is 13.9. The van der Waals surface area contributed by atoms with Crippen molar-refractivity contribution >= 4 is 32.8 Å². The maximum absolute atomic E-state index is 5.83. The van der Waals surface area contributed by atoms with Crippen molar-refractivity contribution in [3.8, 4) is 11.6 Å². The summed E-state index contributed by atoms with van der Waals surface area (Å²) in [5.74, 6) is 1.63. The van der Waals surface area contributed by atoms with E-state index in [0.29, 0.717) is 17.6 Å². The van der Waals surface area contributed by atoms with Crippen LogP contribution in [0.4, 0.5) is 5.95 Å². The van der Waals surface area contributed by atoms with E-state index >= 15 is 0 Å². The van der Waals surface area contributed by atoms with Crippen molar-refractivity contribution in [2.75, 3.05) is 12.4 Å². The third-order valence-corrected chi connectivity index (χ3v) is 3.12. The number of fused-ring (bicyclic) bond motifs is 1. The van der Waals surface area contributed by atoms with Crippen molar-refractivity contribution in [1.82, 2.24) is 15.0 Å². The standard InChI is InChI=1S/C14H11BrN4O/c1-16-14-18-12-5-3-2-4-11(12)13(19-14)20-10-6-9(15)7-17-8-10/h2-8H,1H3,(H,16,18,19). The Morgan fingerprint density at radius 1 is 1.15 bits per heavy atom. The van der Waals surface area contributed by atoms with Gasteiger partial charge in [-0.1, -0.05) is 12.1 Å². The van der Waals surface area contributed by atoms with Gasteiger partial charge in [-0.15, -0.1) is 0 Å². The summed E-state index contributed by atoms with van der Waals surface area (Å²) in [5.41, 5.74) is 0.824. The summed E-state index contributed by atoms with van der Waals surface area (Å²) >= 11 is 3.37. The SMILES string of the molecule is CNc1nc(Oc2cncc(Br)c2)c2ccccc2n1. The van der Waals surface area contributed by atoms with Gasteiger partial charge in [0.15, 0.2) is 0 Å². The summed E-state index contributed by atoms with van der Waals surface area (Å²) in [7, 11) is 1.77. The molecule has 1 aromatic carbocycles. The zero-order valence-corrected chi connectivity index (χ0v) is 12.3. The summed E-state index contributed by atoms with van der Waals surface area (Å²) in [4.78, 5) is 12.8. The van der Waals surface area contributed by atoms with E-state index < -0.39 is 0 Å². The molecule has 0 atom stereocenters. The van der Waals surface area contributed by atoms with Crippen molar-refractivity contribution in [3.05, 3.63) is 47.2 Å². The fourth-order valence-electron chi connectivity index (χ4n) is 1.80. The number of ether oxygens (including phenoxy) is 1. The minimum Gasteiger partial charge on any atom is -0.437 e. The largest absolute Gasteiger partial charge is 0.437 e. The van der Waals surface area contributed by atoms with Crippen LogP contribution in [0.1, 0.15) is 0 Å². The van der Waals surface area contributed by atoms with Gasteiger partial charge >= 0.3 is 0 Å². The first-order valence-corrected chi connectivity index (χ1v) is 6.78. The molecule has 0 amide bonds. The lowest BCUT2D eigenvalue weighted by Gasteiger charge is -2.09. The molecule has 0 radical (unpaired) electrons. The van der Waals surface area contributed by atoms with Crippen molar-refractivity contribution in [3.63, 3.8) is 0 Å². The highest BCUT2D eigenvalue weighted by Gasteiger charge is 2.09. The lowest BCUT2D eigenvalue weighted by Crippen LogP contribution is -1.99. The molecule has 0 aliphatic rings. The number of aromatic nitrogens is 3. The Kier molecular flexibility index (Phi) is 3.47. The molecule has 5 nitrogen and oxygen atoms in total. The van der Waals surface area contributed by atoms with Gasteiger partial charge < -0.3 is 10.1 Å². The molecule has 3 aromatic rings. The quantitative estimate of drug-likeness (QED) is 0.794. The van der Waals surface area contributed by atoms with Crippen molar-refractivity contribution < 1.29 is 4.74 Å². The third-order valence-electron chi connectivity index (χ3n) is 2.69. The van der Waals surface area contributed by atoms with E-state index in [1.807, 2.05) is 30.3 Å². The number of rotatable bonds is 3. The lowest BCUT2D eigenvalue weighted by atomic mass is 10.2. The van der Waals surface area contributed by atoms with Gasteiger partial charge in [-0.3, -0.25) is 4.98 Å². The molecule has 2 aromatic heterocycles.